The van der Waals surface area contributed by atoms with Crippen LogP contribution in [-0.2, 0) is 14.3 Å². The van der Waals surface area contributed by atoms with Crippen molar-refractivity contribution in [2.45, 2.75) is 68.2 Å². The highest BCUT2D eigenvalue weighted by molar-refractivity contribution is 5.86. The molecule has 24 heavy (non-hydrogen) atoms. The molecule has 2 aliphatic heterocycles. The summed E-state index contributed by atoms with van der Waals surface area (Å²) in [6, 6.07) is -0.353. The third-order valence-electron chi connectivity index (χ3n) is 5.16. The SMILES string of the molecule is O=C(O)NC12CCC(C(=O)N[C@H]3C[C@@H](OC(F)(F)F)C3)(CC1)OC2. The van der Waals surface area contributed by atoms with E-state index >= 15 is 0 Å². The van der Waals surface area contributed by atoms with Crippen molar-refractivity contribution >= 4 is 12.0 Å². The Morgan fingerprint density at radius 3 is 2.25 bits per heavy atom. The van der Waals surface area contributed by atoms with Crippen LogP contribution in [0.2, 0.25) is 0 Å². The number of carboxylic acid groups (broad SMARTS) is 1. The molecule has 4 rings (SSSR count). The number of carbonyl (C=O) groups excluding carboxylic acids is 1. The summed E-state index contributed by atoms with van der Waals surface area (Å²) < 4.78 is 45.8. The summed E-state index contributed by atoms with van der Waals surface area (Å²) in [5, 5.41) is 14.1. The zero-order valence-electron chi connectivity index (χ0n) is 12.8. The van der Waals surface area contributed by atoms with Crippen molar-refractivity contribution in [1.29, 1.82) is 0 Å². The average molecular weight is 352 g/mol. The molecule has 2 aliphatic carbocycles. The van der Waals surface area contributed by atoms with Crippen LogP contribution in [0.1, 0.15) is 38.5 Å². The highest BCUT2D eigenvalue weighted by Gasteiger charge is 2.55. The molecule has 2 bridgehead atoms. The van der Waals surface area contributed by atoms with Crippen molar-refractivity contribution in [1.82, 2.24) is 10.6 Å². The van der Waals surface area contributed by atoms with E-state index in [1.807, 2.05) is 0 Å². The molecule has 0 radical (unpaired) electrons. The molecular formula is C14H19F3N2O5. The minimum atomic E-state index is -4.66. The van der Waals surface area contributed by atoms with Gasteiger partial charge < -0.3 is 20.5 Å². The van der Waals surface area contributed by atoms with Gasteiger partial charge in [0, 0.05) is 6.04 Å². The summed E-state index contributed by atoms with van der Waals surface area (Å²) in [7, 11) is 0. The van der Waals surface area contributed by atoms with Crippen molar-refractivity contribution in [2.24, 2.45) is 0 Å². The lowest BCUT2D eigenvalue weighted by atomic mass is 9.70. The molecule has 2 saturated heterocycles. The van der Waals surface area contributed by atoms with Gasteiger partial charge in [0.25, 0.3) is 5.91 Å². The van der Waals surface area contributed by atoms with Crippen LogP contribution in [0.15, 0.2) is 0 Å². The van der Waals surface area contributed by atoms with E-state index < -0.39 is 29.7 Å². The van der Waals surface area contributed by atoms with Gasteiger partial charge in [-0.3, -0.25) is 9.53 Å². The molecule has 3 N–H and O–H groups in total. The van der Waals surface area contributed by atoms with Gasteiger partial charge in [-0.25, -0.2) is 4.79 Å². The Bertz CT molecular complexity index is 508. The quantitative estimate of drug-likeness (QED) is 0.713. The van der Waals surface area contributed by atoms with Gasteiger partial charge in [-0.1, -0.05) is 0 Å². The fraction of sp³-hybridized carbons (Fsp3) is 0.857. The minimum Gasteiger partial charge on any atom is -0.465 e. The summed E-state index contributed by atoms with van der Waals surface area (Å²) in [6.45, 7) is 0.122. The Labute approximate surface area is 135 Å². The van der Waals surface area contributed by atoms with Crippen LogP contribution in [0, 0.1) is 0 Å². The number of hydrogen-bond donors (Lipinski definition) is 3. The maximum Gasteiger partial charge on any atom is 0.522 e. The predicted molar refractivity (Wildman–Crippen MR) is 73.1 cm³/mol. The Morgan fingerprint density at radius 2 is 1.79 bits per heavy atom. The van der Waals surface area contributed by atoms with Gasteiger partial charge in [-0.2, -0.15) is 0 Å². The van der Waals surface area contributed by atoms with Crippen LogP contribution in [0.5, 0.6) is 0 Å². The Hall–Kier alpha value is -1.55. The second-order valence-corrected chi connectivity index (χ2v) is 6.82. The van der Waals surface area contributed by atoms with Crippen molar-refractivity contribution in [3.8, 4) is 0 Å². The van der Waals surface area contributed by atoms with Gasteiger partial charge in [-0.05, 0) is 38.5 Å². The Balaban J connectivity index is 1.49. The van der Waals surface area contributed by atoms with E-state index in [1.165, 1.54) is 0 Å². The first-order chi connectivity index (χ1) is 11.1. The first kappa shape index (κ1) is 17.3. The summed E-state index contributed by atoms with van der Waals surface area (Å²) in [5.41, 5.74) is -1.64. The van der Waals surface area contributed by atoms with Crippen LogP contribution in [0.3, 0.4) is 0 Å². The molecule has 4 aliphatic rings. The molecule has 136 valence electrons. The molecule has 0 aromatic rings. The second-order valence-electron chi connectivity index (χ2n) is 6.82. The van der Waals surface area contributed by atoms with E-state index in [9.17, 15) is 22.8 Å². The Morgan fingerprint density at radius 1 is 1.17 bits per heavy atom. The molecule has 10 heteroatoms. The first-order valence-electron chi connectivity index (χ1n) is 7.82. The number of halogens is 3. The number of ether oxygens (including phenoxy) is 2. The lowest BCUT2D eigenvalue weighted by Gasteiger charge is -2.52. The summed E-state index contributed by atoms with van der Waals surface area (Å²) in [6.07, 6.45) is -4.70. The van der Waals surface area contributed by atoms with Gasteiger partial charge in [0.15, 0.2) is 0 Å². The maximum absolute atomic E-state index is 12.5. The van der Waals surface area contributed by atoms with Crippen LogP contribution in [-0.4, -0.2) is 53.4 Å². The van der Waals surface area contributed by atoms with Crippen LogP contribution < -0.4 is 10.6 Å². The summed E-state index contributed by atoms with van der Waals surface area (Å²) >= 11 is 0. The molecule has 4 fully saturated rings. The summed E-state index contributed by atoms with van der Waals surface area (Å²) in [4.78, 5) is 23.3. The van der Waals surface area contributed by atoms with Crippen LogP contribution >= 0.6 is 0 Å². The van der Waals surface area contributed by atoms with Gasteiger partial charge in [0.2, 0.25) is 0 Å². The number of hydrogen-bond acceptors (Lipinski definition) is 4. The second kappa shape index (κ2) is 5.76. The largest absolute Gasteiger partial charge is 0.522 e. The van der Waals surface area contributed by atoms with Gasteiger partial charge in [0.05, 0.1) is 18.2 Å². The molecule has 0 aromatic carbocycles. The number of rotatable bonds is 4. The lowest BCUT2D eigenvalue weighted by molar-refractivity contribution is -0.351. The normalized spacial score (nSPS) is 38.3. The molecule has 7 nitrogen and oxygen atoms in total. The maximum atomic E-state index is 12.5. The van der Waals surface area contributed by atoms with E-state index in [4.69, 9.17) is 9.84 Å². The first-order valence-corrected chi connectivity index (χ1v) is 7.82. The molecule has 0 aromatic heterocycles. The molecule has 2 saturated carbocycles. The lowest BCUT2D eigenvalue weighted by Crippen LogP contribution is -2.67. The molecular weight excluding hydrogens is 333 g/mol. The topological polar surface area (TPSA) is 96.9 Å². The van der Waals surface area contributed by atoms with Crippen molar-refractivity contribution in [3.63, 3.8) is 0 Å². The van der Waals surface area contributed by atoms with E-state index in [-0.39, 0.29) is 31.4 Å². The van der Waals surface area contributed by atoms with Crippen LogP contribution in [0.25, 0.3) is 0 Å². The predicted octanol–water partition coefficient (Wildman–Crippen LogP) is 1.52. The van der Waals surface area contributed by atoms with Gasteiger partial charge >= 0.3 is 12.5 Å². The van der Waals surface area contributed by atoms with E-state index in [2.05, 4.69) is 15.4 Å². The number of amides is 2. The van der Waals surface area contributed by atoms with Crippen molar-refractivity contribution in [3.05, 3.63) is 0 Å². The molecule has 0 atom stereocenters. The number of nitrogens with one attached hydrogen (secondary N) is 2. The number of alkyl halides is 3. The standard InChI is InChI=1S/C14H19F3N2O5/c15-14(16,17)24-9-5-8(6-9)18-10(20)13-3-1-12(2-4-13,7-23-13)19-11(21)22/h8-9,19H,1-7H2,(H,18,20)(H,21,22)/t8-,9+,12?,13?. The third-order valence-corrected chi connectivity index (χ3v) is 5.16. The fourth-order valence-corrected chi connectivity index (χ4v) is 3.66. The zero-order valence-corrected chi connectivity index (χ0v) is 12.8. The van der Waals surface area contributed by atoms with E-state index in [0.29, 0.717) is 25.7 Å². The summed E-state index contributed by atoms with van der Waals surface area (Å²) in [5.74, 6) is -0.332. The fourth-order valence-electron chi connectivity index (χ4n) is 3.66. The van der Waals surface area contributed by atoms with E-state index in [1.54, 1.807) is 0 Å². The minimum absolute atomic E-state index is 0.117. The van der Waals surface area contributed by atoms with Crippen LogP contribution in [0.4, 0.5) is 18.0 Å². The smallest absolute Gasteiger partial charge is 0.465 e. The third kappa shape index (κ3) is 3.44. The number of fused-ring (bicyclic) bond motifs is 3. The highest BCUT2D eigenvalue weighted by Crippen LogP contribution is 2.44. The molecule has 0 unspecified atom stereocenters. The van der Waals surface area contributed by atoms with Crippen molar-refractivity contribution in [2.75, 3.05) is 6.61 Å². The average Bonchev–Trinajstić information content (AvgIpc) is 2.44. The van der Waals surface area contributed by atoms with Crippen molar-refractivity contribution < 1.29 is 37.3 Å². The van der Waals surface area contributed by atoms with Gasteiger partial charge in [0.1, 0.15) is 5.60 Å². The highest BCUT2D eigenvalue weighted by atomic mass is 19.4. The number of carbonyl (C=O) groups is 2. The molecule has 0 spiro atoms. The Kier molecular flexibility index (Phi) is 4.15. The molecule has 2 heterocycles. The van der Waals surface area contributed by atoms with Gasteiger partial charge in [-0.15, -0.1) is 13.2 Å². The zero-order chi connectivity index (χ0) is 17.6. The molecule has 2 amide bonds. The monoisotopic (exact) mass is 352 g/mol. The van der Waals surface area contributed by atoms with E-state index in [0.717, 1.165) is 0 Å².